The van der Waals surface area contributed by atoms with Crippen molar-refractivity contribution in [3.05, 3.63) is 72.1 Å². The molecule has 4 rings (SSSR count). The predicted octanol–water partition coefficient (Wildman–Crippen LogP) is 5.88. The summed E-state index contributed by atoms with van der Waals surface area (Å²) >= 11 is 3.06. The van der Waals surface area contributed by atoms with Crippen LogP contribution in [0.3, 0.4) is 0 Å². The van der Waals surface area contributed by atoms with E-state index in [0.717, 1.165) is 20.9 Å². The van der Waals surface area contributed by atoms with Crippen LogP contribution in [-0.2, 0) is 17.0 Å². The van der Waals surface area contributed by atoms with Gasteiger partial charge in [0.1, 0.15) is 5.76 Å². The second-order valence-corrected chi connectivity index (χ2v) is 9.30. The fraction of sp³-hybridized carbons (Fsp3) is 0.227. The maximum atomic E-state index is 12.4. The van der Waals surface area contributed by atoms with Crippen LogP contribution < -0.4 is 5.32 Å². The molecule has 5 nitrogen and oxygen atoms in total. The Morgan fingerprint density at radius 1 is 1.14 bits per heavy atom. The number of hydrogen-bond acceptors (Lipinski definition) is 6. The first kappa shape index (κ1) is 19.7. The van der Waals surface area contributed by atoms with Gasteiger partial charge in [-0.25, -0.2) is 9.97 Å². The van der Waals surface area contributed by atoms with Crippen molar-refractivity contribution >= 4 is 44.9 Å². The van der Waals surface area contributed by atoms with Crippen LogP contribution in [0.1, 0.15) is 37.0 Å². The molecule has 0 unspecified atom stereocenters. The van der Waals surface area contributed by atoms with E-state index in [1.54, 1.807) is 24.2 Å². The Balaban J connectivity index is 1.32. The van der Waals surface area contributed by atoms with Gasteiger partial charge in [-0.05, 0) is 16.3 Å². The number of benzene rings is 2. The normalized spacial score (nSPS) is 11.3. The van der Waals surface area contributed by atoms with E-state index < -0.39 is 0 Å². The zero-order chi connectivity index (χ0) is 20.2. The van der Waals surface area contributed by atoms with Crippen LogP contribution >= 0.6 is 23.1 Å². The number of amides is 1. The molecule has 0 saturated heterocycles. The van der Waals surface area contributed by atoms with E-state index in [4.69, 9.17) is 4.42 Å². The lowest BCUT2D eigenvalue weighted by Gasteiger charge is -2.04. The quantitative estimate of drug-likeness (QED) is 0.376. The number of nitrogens with zero attached hydrogens (tertiary/aromatic N) is 2. The Kier molecular flexibility index (Phi) is 5.97. The molecule has 148 valence electrons. The third-order valence-electron chi connectivity index (χ3n) is 4.39. The van der Waals surface area contributed by atoms with Gasteiger partial charge in [-0.15, -0.1) is 11.8 Å². The van der Waals surface area contributed by atoms with Crippen molar-refractivity contribution in [2.75, 3.05) is 5.32 Å². The number of anilines is 1. The number of nitrogens with one attached hydrogen (secondary N) is 1. The predicted molar refractivity (Wildman–Crippen MR) is 119 cm³/mol. The molecule has 0 aliphatic rings. The van der Waals surface area contributed by atoms with Crippen molar-refractivity contribution in [1.82, 2.24) is 9.97 Å². The summed E-state index contributed by atoms with van der Waals surface area (Å²) in [5.41, 5.74) is 0.984. The SMILES string of the molecule is CC(C)c1cnc(CSc2cnc(NC(=O)Cc3ccc4ccccc4c3)s2)o1. The Morgan fingerprint density at radius 3 is 2.76 bits per heavy atom. The summed E-state index contributed by atoms with van der Waals surface area (Å²) in [7, 11) is 0. The lowest BCUT2D eigenvalue weighted by atomic mass is 10.1. The number of carbonyl (C=O) groups is 1. The average molecular weight is 424 g/mol. The summed E-state index contributed by atoms with van der Waals surface area (Å²) in [5, 5.41) is 5.81. The molecule has 4 aromatic rings. The van der Waals surface area contributed by atoms with E-state index in [1.165, 1.54) is 16.7 Å². The summed E-state index contributed by atoms with van der Waals surface area (Å²) in [6, 6.07) is 14.2. The molecule has 0 spiro atoms. The topological polar surface area (TPSA) is 68.0 Å². The first-order chi connectivity index (χ1) is 14.1. The molecule has 0 aliphatic heterocycles. The molecule has 7 heteroatoms. The summed E-state index contributed by atoms with van der Waals surface area (Å²) in [6.45, 7) is 4.15. The molecule has 0 atom stereocenters. The number of thioether (sulfide) groups is 1. The minimum absolute atomic E-state index is 0.0690. The largest absolute Gasteiger partial charge is 0.445 e. The van der Waals surface area contributed by atoms with E-state index in [1.807, 2.05) is 24.3 Å². The Morgan fingerprint density at radius 2 is 1.97 bits per heavy atom. The fourth-order valence-electron chi connectivity index (χ4n) is 2.87. The number of thiazole rings is 1. The number of fused-ring (bicyclic) bond motifs is 1. The Labute approximate surface area is 177 Å². The van der Waals surface area contributed by atoms with E-state index >= 15 is 0 Å². The molecule has 0 bridgehead atoms. The highest BCUT2D eigenvalue weighted by molar-refractivity contribution is 8.00. The number of aromatic nitrogens is 2. The second-order valence-electron chi connectivity index (χ2n) is 6.99. The summed E-state index contributed by atoms with van der Waals surface area (Å²) in [5.74, 6) is 2.49. The highest BCUT2D eigenvalue weighted by Crippen LogP contribution is 2.31. The van der Waals surface area contributed by atoms with Gasteiger partial charge in [-0.1, -0.05) is 67.6 Å². The van der Waals surface area contributed by atoms with Crippen molar-refractivity contribution < 1.29 is 9.21 Å². The molecule has 0 aliphatic carbocycles. The molecule has 1 amide bonds. The van der Waals surface area contributed by atoms with Gasteiger partial charge < -0.3 is 9.73 Å². The Bertz CT molecular complexity index is 1130. The molecule has 2 aromatic heterocycles. The van der Waals surface area contributed by atoms with Gasteiger partial charge in [0.05, 0.1) is 28.8 Å². The van der Waals surface area contributed by atoms with Crippen molar-refractivity contribution in [3.8, 4) is 0 Å². The molecule has 0 radical (unpaired) electrons. The molecule has 1 N–H and O–H groups in total. The maximum Gasteiger partial charge on any atom is 0.230 e. The summed E-state index contributed by atoms with van der Waals surface area (Å²) in [4.78, 5) is 21.0. The highest BCUT2D eigenvalue weighted by Gasteiger charge is 2.11. The maximum absolute atomic E-state index is 12.4. The molecule has 0 fully saturated rings. The van der Waals surface area contributed by atoms with Gasteiger partial charge in [0.2, 0.25) is 11.8 Å². The number of carbonyl (C=O) groups excluding carboxylic acids is 1. The Hall–Kier alpha value is -2.64. The molecule has 29 heavy (non-hydrogen) atoms. The van der Waals surface area contributed by atoms with E-state index in [2.05, 4.69) is 47.3 Å². The van der Waals surface area contributed by atoms with Crippen molar-refractivity contribution in [2.24, 2.45) is 0 Å². The molecular formula is C22H21N3O2S2. The standard InChI is InChI=1S/C22H21N3O2S2/c1-14(2)18-11-23-20(27-18)13-28-21-12-24-22(29-21)25-19(26)10-15-7-8-16-5-3-4-6-17(16)9-15/h3-9,11-12,14H,10,13H2,1-2H3,(H,24,25,26). The van der Waals surface area contributed by atoms with E-state index in [0.29, 0.717) is 29.1 Å². The lowest BCUT2D eigenvalue weighted by molar-refractivity contribution is -0.115. The van der Waals surface area contributed by atoms with Crippen molar-refractivity contribution in [2.45, 2.75) is 36.1 Å². The van der Waals surface area contributed by atoms with Gasteiger partial charge in [0.25, 0.3) is 0 Å². The number of hydrogen-bond donors (Lipinski definition) is 1. The first-order valence-corrected chi connectivity index (χ1v) is 11.2. The molecule has 2 heterocycles. The van der Waals surface area contributed by atoms with Gasteiger partial charge in [-0.2, -0.15) is 0 Å². The van der Waals surface area contributed by atoms with Crippen LogP contribution in [0.5, 0.6) is 0 Å². The lowest BCUT2D eigenvalue weighted by Crippen LogP contribution is -2.14. The molecular weight excluding hydrogens is 402 g/mol. The minimum atomic E-state index is -0.0690. The van der Waals surface area contributed by atoms with Crippen LogP contribution in [0.15, 0.2) is 63.5 Å². The van der Waals surface area contributed by atoms with Gasteiger partial charge in [0.15, 0.2) is 5.13 Å². The number of oxazole rings is 1. The van der Waals surface area contributed by atoms with Crippen LogP contribution in [0.25, 0.3) is 10.8 Å². The van der Waals surface area contributed by atoms with Crippen molar-refractivity contribution in [3.63, 3.8) is 0 Å². The van der Waals surface area contributed by atoms with Crippen molar-refractivity contribution in [1.29, 1.82) is 0 Å². The fourth-order valence-corrected chi connectivity index (χ4v) is 4.61. The summed E-state index contributed by atoms with van der Waals surface area (Å²) < 4.78 is 6.73. The monoisotopic (exact) mass is 423 g/mol. The zero-order valence-electron chi connectivity index (χ0n) is 16.2. The average Bonchev–Trinajstić information content (AvgIpc) is 3.35. The third-order valence-corrected chi connectivity index (χ3v) is 6.48. The smallest absolute Gasteiger partial charge is 0.230 e. The van der Waals surface area contributed by atoms with E-state index in [9.17, 15) is 4.79 Å². The zero-order valence-corrected chi connectivity index (χ0v) is 17.8. The highest BCUT2D eigenvalue weighted by atomic mass is 32.2. The van der Waals surface area contributed by atoms with Gasteiger partial charge in [-0.3, -0.25) is 4.79 Å². The van der Waals surface area contributed by atoms with Crippen LogP contribution in [0.2, 0.25) is 0 Å². The van der Waals surface area contributed by atoms with Gasteiger partial charge in [0, 0.05) is 5.92 Å². The van der Waals surface area contributed by atoms with Gasteiger partial charge >= 0.3 is 0 Å². The summed E-state index contributed by atoms with van der Waals surface area (Å²) in [6.07, 6.45) is 3.88. The van der Waals surface area contributed by atoms with Crippen LogP contribution in [0.4, 0.5) is 5.13 Å². The molecule has 2 aromatic carbocycles. The van der Waals surface area contributed by atoms with E-state index in [-0.39, 0.29) is 5.91 Å². The molecule has 0 saturated carbocycles. The van der Waals surface area contributed by atoms with Crippen LogP contribution in [-0.4, -0.2) is 15.9 Å². The third kappa shape index (κ3) is 5.05. The first-order valence-electron chi connectivity index (χ1n) is 9.37. The second kappa shape index (κ2) is 8.80. The minimum Gasteiger partial charge on any atom is -0.445 e. The van der Waals surface area contributed by atoms with Crippen LogP contribution in [0, 0.1) is 0 Å². The number of rotatable bonds is 7.